The van der Waals surface area contributed by atoms with Crippen LogP contribution >= 0.6 is 11.6 Å². The molecule has 0 bridgehead atoms. The highest BCUT2D eigenvalue weighted by molar-refractivity contribution is 6.30. The van der Waals surface area contributed by atoms with Gasteiger partial charge in [0.15, 0.2) is 0 Å². The molecule has 2 amide bonds. The first-order valence-electron chi connectivity index (χ1n) is 8.84. The SMILES string of the molecule is CC/C(=C\c1ccccc1)NNC(=O)CCC(=O)Nc1ccc(Cl)cc1C. The molecule has 2 rings (SSSR count). The summed E-state index contributed by atoms with van der Waals surface area (Å²) in [5.41, 5.74) is 9.07. The minimum absolute atomic E-state index is 0.0911. The van der Waals surface area contributed by atoms with Gasteiger partial charge in [-0.1, -0.05) is 48.9 Å². The summed E-state index contributed by atoms with van der Waals surface area (Å²) in [6.45, 7) is 3.86. The molecule has 3 N–H and O–H groups in total. The number of benzene rings is 2. The lowest BCUT2D eigenvalue weighted by Gasteiger charge is -2.12. The van der Waals surface area contributed by atoms with Crippen molar-refractivity contribution < 1.29 is 9.59 Å². The lowest BCUT2D eigenvalue weighted by Crippen LogP contribution is -2.36. The van der Waals surface area contributed by atoms with Crippen molar-refractivity contribution in [2.45, 2.75) is 33.1 Å². The van der Waals surface area contributed by atoms with E-state index in [1.54, 1.807) is 18.2 Å². The zero-order valence-corrected chi connectivity index (χ0v) is 16.3. The first-order chi connectivity index (χ1) is 13.0. The van der Waals surface area contributed by atoms with Crippen molar-refractivity contribution in [3.05, 3.63) is 70.4 Å². The van der Waals surface area contributed by atoms with Gasteiger partial charge in [0.05, 0.1) is 0 Å². The second-order valence-electron chi connectivity index (χ2n) is 6.11. The molecule has 5 nitrogen and oxygen atoms in total. The maximum Gasteiger partial charge on any atom is 0.238 e. The van der Waals surface area contributed by atoms with Crippen molar-refractivity contribution in [2.75, 3.05) is 5.32 Å². The molecule has 0 aliphatic carbocycles. The third-order valence-electron chi connectivity index (χ3n) is 3.93. The Morgan fingerprint density at radius 3 is 2.37 bits per heavy atom. The van der Waals surface area contributed by atoms with Crippen LogP contribution in [0.5, 0.6) is 0 Å². The van der Waals surface area contributed by atoms with E-state index >= 15 is 0 Å². The molecular formula is C21H24ClN3O2. The molecule has 142 valence electrons. The Kier molecular flexibility index (Phi) is 7.89. The number of carbonyl (C=O) groups is 2. The molecule has 27 heavy (non-hydrogen) atoms. The van der Waals surface area contributed by atoms with Crippen LogP contribution in [0.15, 0.2) is 54.2 Å². The maximum absolute atomic E-state index is 12.0. The fourth-order valence-electron chi connectivity index (χ4n) is 2.40. The summed E-state index contributed by atoms with van der Waals surface area (Å²) in [5.74, 6) is -0.462. The highest BCUT2D eigenvalue weighted by Crippen LogP contribution is 2.19. The summed E-state index contributed by atoms with van der Waals surface area (Å²) < 4.78 is 0. The predicted octanol–water partition coefficient (Wildman–Crippen LogP) is 4.44. The number of amides is 2. The summed E-state index contributed by atoms with van der Waals surface area (Å²) in [4.78, 5) is 24.0. The smallest absolute Gasteiger partial charge is 0.238 e. The molecule has 0 radical (unpaired) electrons. The Bertz CT molecular complexity index is 819. The number of hydrogen-bond acceptors (Lipinski definition) is 3. The summed E-state index contributed by atoms with van der Waals surface area (Å²) in [6.07, 6.45) is 2.90. The van der Waals surface area contributed by atoms with Gasteiger partial charge in [0.25, 0.3) is 0 Å². The molecule has 2 aromatic carbocycles. The molecular weight excluding hydrogens is 362 g/mol. The molecule has 0 aliphatic rings. The molecule has 0 atom stereocenters. The number of nitrogens with one attached hydrogen (secondary N) is 3. The molecule has 2 aromatic rings. The first kappa shape index (κ1) is 20.5. The number of halogens is 1. The molecule has 0 saturated carbocycles. The van der Waals surface area contributed by atoms with E-state index in [1.165, 1.54) is 0 Å². The lowest BCUT2D eigenvalue weighted by atomic mass is 10.2. The largest absolute Gasteiger partial charge is 0.326 e. The molecule has 0 heterocycles. The van der Waals surface area contributed by atoms with Crippen LogP contribution < -0.4 is 16.2 Å². The molecule has 6 heteroatoms. The van der Waals surface area contributed by atoms with E-state index < -0.39 is 0 Å². The molecule has 0 aliphatic heterocycles. The van der Waals surface area contributed by atoms with Gasteiger partial charge in [-0.2, -0.15) is 0 Å². The van der Waals surface area contributed by atoms with E-state index in [2.05, 4.69) is 16.2 Å². The fraction of sp³-hybridized carbons (Fsp3) is 0.238. The minimum Gasteiger partial charge on any atom is -0.326 e. The molecule has 0 spiro atoms. The molecule has 0 saturated heterocycles. The molecule has 0 aromatic heterocycles. The van der Waals surface area contributed by atoms with E-state index in [9.17, 15) is 9.59 Å². The van der Waals surface area contributed by atoms with E-state index in [1.807, 2.05) is 50.3 Å². The Hall–Kier alpha value is -2.79. The van der Waals surface area contributed by atoms with E-state index in [4.69, 9.17) is 11.6 Å². The molecule has 0 unspecified atom stereocenters. The van der Waals surface area contributed by atoms with Crippen LogP contribution in [0, 0.1) is 6.92 Å². The van der Waals surface area contributed by atoms with Crippen LogP contribution in [0.4, 0.5) is 5.69 Å². The average Bonchev–Trinajstić information content (AvgIpc) is 2.66. The van der Waals surface area contributed by atoms with E-state index in [0.717, 1.165) is 23.2 Å². The third kappa shape index (κ3) is 7.15. The molecule has 0 fully saturated rings. The lowest BCUT2D eigenvalue weighted by molar-refractivity contribution is -0.124. The monoisotopic (exact) mass is 385 g/mol. The maximum atomic E-state index is 12.0. The van der Waals surface area contributed by atoms with Crippen LogP contribution in [-0.4, -0.2) is 11.8 Å². The van der Waals surface area contributed by atoms with Gasteiger partial charge in [-0.15, -0.1) is 0 Å². The normalized spacial score (nSPS) is 11.0. The van der Waals surface area contributed by atoms with Crippen LogP contribution in [0.1, 0.15) is 37.3 Å². The standard InChI is InChI=1S/C21H24ClN3O2/c1-3-18(14-16-7-5-4-6-8-16)24-25-21(27)12-11-20(26)23-19-10-9-17(22)13-15(19)2/h4-10,13-14,24H,3,11-12H2,1-2H3,(H,23,26)(H,25,27)/b18-14+. The number of carbonyl (C=O) groups excluding carboxylic acids is 2. The van der Waals surface area contributed by atoms with Gasteiger partial charge < -0.3 is 10.7 Å². The van der Waals surface area contributed by atoms with Gasteiger partial charge in [0, 0.05) is 29.2 Å². The van der Waals surface area contributed by atoms with Crippen LogP contribution in [0.3, 0.4) is 0 Å². The number of hydrazine groups is 1. The van der Waals surface area contributed by atoms with Crippen LogP contribution in [0.2, 0.25) is 5.02 Å². The van der Waals surface area contributed by atoms with Crippen molar-refractivity contribution in [1.82, 2.24) is 10.9 Å². The summed E-state index contributed by atoms with van der Waals surface area (Å²) >= 11 is 5.90. The van der Waals surface area contributed by atoms with Crippen molar-refractivity contribution in [3.63, 3.8) is 0 Å². The Labute approximate surface area is 164 Å². The third-order valence-corrected chi connectivity index (χ3v) is 4.16. The Morgan fingerprint density at radius 1 is 1.00 bits per heavy atom. The van der Waals surface area contributed by atoms with Gasteiger partial charge in [-0.3, -0.25) is 15.0 Å². The van der Waals surface area contributed by atoms with Crippen molar-refractivity contribution in [1.29, 1.82) is 0 Å². The Morgan fingerprint density at radius 2 is 1.70 bits per heavy atom. The highest BCUT2D eigenvalue weighted by atomic mass is 35.5. The Balaban J connectivity index is 1.78. The van der Waals surface area contributed by atoms with Crippen molar-refractivity contribution in [2.24, 2.45) is 0 Å². The van der Waals surface area contributed by atoms with Crippen LogP contribution in [-0.2, 0) is 9.59 Å². The number of hydrogen-bond donors (Lipinski definition) is 3. The fourth-order valence-corrected chi connectivity index (χ4v) is 2.62. The summed E-state index contributed by atoms with van der Waals surface area (Å²) in [5, 5.41) is 3.41. The first-order valence-corrected chi connectivity index (χ1v) is 9.22. The second-order valence-corrected chi connectivity index (χ2v) is 6.55. The highest BCUT2D eigenvalue weighted by Gasteiger charge is 2.09. The average molecular weight is 386 g/mol. The zero-order valence-electron chi connectivity index (χ0n) is 15.5. The minimum atomic E-state index is -0.245. The van der Waals surface area contributed by atoms with Gasteiger partial charge in [0.1, 0.15) is 0 Å². The predicted molar refractivity (Wildman–Crippen MR) is 110 cm³/mol. The number of rotatable bonds is 8. The van der Waals surface area contributed by atoms with Gasteiger partial charge in [-0.05, 0) is 48.7 Å². The van der Waals surface area contributed by atoms with E-state index in [0.29, 0.717) is 10.7 Å². The quantitative estimate of drug-likeness (QED) is 0.588. The summed E-state index contributed by atoms with van der Waals surface area (Å²) in [7, 11) is 0. The second kappa shape index (κ2) is 10.4. The van der Waals surface area contributed by atoms with Crippen molar-refractivity contribution >= 4 is 35.2 Å². The van der Waals surface area contributed by atoms with Gasteiger partial charge >= 0.3 is 0 Å². The number of allylic oxidation sites excluding steroid dienone is 1. The van der Waals surface area contributed by atoms with Crippen LogP contribution in [0.25, 0.3) is 6.08 Å². The van der Waals surface area contributed by atoms with E-state index in [-0.39, 0.29) is 24.7 Å². The zero-order chi connectivity index (χ0) is 19.6. The topological polar surface area (TPSA) is 70.2 Å². The van der Waals surface area contributed by atoms with Gasteiger partial charge in [0.2, 0.25) is 11.8 Å². The number of aryl methyl sites for hydroxylation is 1. The van der Waals surface area contributed by atoms with Gasteiger partial charge in [-0.25, -0.2) is 0 Å². The number of anilines is 1. The summed E-state index contributed by atoms with van der Waals surface area (Å²) in [6, 6.07) is 15.1. The van der Waals surface area contributed by atoms with Crippen molar-refractivity contribution in [3.8, 4) is 0 Å².